The number of nitrogens with zero attached hydrogens (tertiary/aromatic N) is 1. The SMILES string of the molecule is Nc1c(C(=O)Nc2ccsc2)sc2nc3c(cc12)CCC3. The molecule has 3 N–H and O–H groups in total. The molecule has 0 fully saturated rings. The van der Waals surface area contributed by atoms with Gasteiger partial charge in [0, 0.05) is 16.5 Å². The molecule has 1 aliphatic carbocycles. The molecule has 0 unspecified atom stereocenters. The molecule has 0 radical (unpaired) electrons. The Kier molecular flexibility index (Phi) is 2.94. The lowest BCUT2D eigenvalue weighted by Gasteiger charge is -2.01. The van der Waals surface area contributed by atoms with Gasteiger partial charge in [0.25, 0.3) is 5.91 Å². The number of amides is 1. The van der Waals surface area contributed by atoms with Crippen molar-refractivity contribution < 1.29 is 4.79 Å². The van der Waals surface area contributed by atoms with E-state index in [0.717, 1.165) is 40.9 Å². The van der Waals surface area contributed by atoms with Crippen LogP contribution in [0.4, 0.5) is 11.4 Å². The van der Waals surface area contributed by atoms with Crippen molar-refractivity contribution in [2.24, 2.45) is 0 Å². The van der Waals surface area contributed by atoms with E-state index in [-0.39, 0.29) is 5.91 Å². The molecule has 3 aromatic rings. The summed E-state index contributed by atoms with van der Waals surface area (Å²) in [5.41, 5.74) is 9.96. The highest BCUT2D eigenvalue weighted by Gasteiger charge is 2.21. The second-order valence-corrected chi connectivity index (χ2v) is 6.89. The number of carbonyl (C=O) groups excluding carboxylic acids is 1. The van der Waals surface area contributed by atoms with Gasteiger partial charge >= 0.3 is 0 Å². The largest absolute Gasteiger partial charge is 0.397 e. The summed E-state index contributed by atoms with van der Waals surface area (Å²) in [6.07, 6.45) is 3.24. The minimum Gasteiger partial charge on any atom is -0.397 e. The van der Waals surface area contributed by atoms with Crippen LogP contribution in [0, 0.1) is 0 Å². The van der Waals surface area contributed by atoms with Crippen molar-refractivity contribution in [3.8, 4) is 0 Å². The molecule has 0 saturated carbocycles. The maximum Gasteiger partial charge on any atom is 0.267 e. The first kappa shape index (κ1) is 12.8. The van der Waals surface area contributed by atoms with Crippen molar-refractivity contribution in [2.45, 2.75) is 19.3 Å². The van der Waals surface area contributed by atoms with E-state index in [2.05, 4.69) is 16.4 Å². The Morgan fingerprint density at radius 1 is 1.38 bits per heavy atom. The predicted molar refractivity (Wildman–Crippen MR) is 88.3 cm³/mol. The van der Waals surface area contributed by atoms with Gasteiger partial charge in [0.2, 0.25) is 0 Å². The normalized spacial score (nSPS) is 13.5. The van der Waals surface area contributed by atoms with Gasteiger partial charge in [0.05, 0.1) is 11.4 Å². The molecule has 0 saturated heterocycles. The highest BCUT2D eigenvalue weighted by Crippen LogP contribution is 2.36. The van der Waals surface area contributed by atoms with Crippen LogP contribution < -0.4 is 11.1 Å². The summed E-state index contributed by atoms with van der Waals surface area (Å²) in [5.74, 6) is -0.158. The zero-order valence-corrected chi connectivity index (χ0v) is 12.8. The fourth-order valence-corrected chi connectivity index (χ4v) is 4.27. The third-order valence-corrected chi connectivity index (χ3v) is 5.53. The van der Waals surface area contributed by atoms with E-state index in [4.69, 9.17) is 5.73 Å². The minimum atomic E-state index is -0.158. The molecule has 0 aliphatic heterocycles. The van der Waals surface area contributed by atoms with Crippen molar-refractivity contribution in [1.29, 1.82) is 0 Å². The first-order valence-electron chi connectivity index (χ1n) is 6.76. The molecule has 21 heavy (non-hydrogen) atoms. The van der Waals surface area contributed by atoms with Crippen LogP contribution in [0.25, 0.3) is 10.2 Å². The summed E-state index contributed by atoms with van der Waals surface area (Å²) in [6, 6.07) is 3.98. The first-order chi connectivity index (χ1) is 10.2. The molecule has 3 heterocycles. The van der Waals surface area contributed by atoms with Crippen molar-refractivity contribution in [3.63, 3.8) is 0 Å². The number of anilines is 2. The van der Waals surface area contributed by atoms with Gasteiger partial charge in [-0.25, -0.2) is 4.98 Å². The van der Waals surface area contributed by atoms with E-state index in [1.54, 1.807) is 11.3 Å². The van der Waals surface area contributed by atoms with Crippen molar-refractivity contribution in [1.82, 2.24) is 4.98 Å². The molecule has 0 spiro atoms. The quantitative estimate of drug-likeness (QED) is 0.758. The van der Waals surface area contributed by atoms with Crippen LogP contribution >= 0.6 is 22.7 Å². The number of rotatable bonds is 2. The van der Waals surface area contributed by atoms with Gasteiger partial charge in [-0.05, 0) is 42.3 Å². The van der Waals surface area contributed by atoms with Gasteiger partial charge in [-0.2, -0.15) is 11.3 Å². The van der Waals surface area contributed by atoms with Crippen molar-refractivity contribution in [2.75, 3.05) is 11.1 Å². The van der Waals surface area contributed by atoms with Crippen LogP contribution in [0.3, 0.4) is 0 Å². The number of aromatic nitrogens is 1. The number of hydrogen-bond acceptors (Lipinski definition) is 5. The summed E-state index contributed by atoms with van der Waals surface area (Å²) in [7, 11) is 0. The zero-order chi connectivity index (χ0) is 14.4. The Balaban J connectivity index is 1.75. The lowest BCUT2D eigenvalue weighted by molar-refractivity contribution is 0.103. The number of thiophene rings is 2. The van der Waals surface area contributed by atoms with Crippen LogP contribution in [-0.2, 0) is 12.8 Å². The first-order valence-corrected chi connectivity index (χ1v) is 8.52. The number of nitrogen functional groups attached to an aromatic ring is 1. The molecule has 1 amide bonds. The van der Waals surface area contributed by atoms with Gasteiger partial charge in [0.1, 0.15) is 9.71 Å². The van der Waals surface area contributed by atoms with E-state index in [1.807, 2.05) is 16.8 Å². The molecule has 3 aromatic heterocycles. The predicted octanol–water partition coefficient (Wildman–Crippen LogP) is 3.68. The van der Waals surface area contributed by atoms with E-state index >= 15 is 0 Å². The minimum absolute atomic E-state index is 0.158. The van der Waals surface area contributed by atoms with Crippen LogP contribution in [0.2, 0.25) is 0 Å². The van der Waals surface area contributed by atoms with E-state index in [0.29, 0.717) is 10.6 Å². The fourth-order valence-electron chi connectivity index (χ4n) is 2.69. The topological polar surface area (TPSA) is 68.0 Å². The van der Waals surface area contributed by atoms with Gasteiger partial charge in [-0.15, -0.1) is 11.3 Å². The van der Waals surface area contributed by atoms with Gasteiger partial charge in [-0.1, -0.05) is 0 Å². The fraction of sp³-hybridized carbons (Fsp3) is 0.200. The number of fused-ring (bicyclic) bond motifs is 2. The number of aryl methyl sites for hydroxylation is 2. The van der Waals surface area contributed by atoms with E-state index in [1.165, 1.54) is 16.9 Å². The average Bonchev–Trinajstić information content (AvgIpc) is 3.17. The van der Waals surface area contributed by atoms with Crippen molar-refractivity contribution >= 4 is 50.2 Å². The third-order valence-electron chi connectivity index (χ3n) is 3.73. The molecule has 1 aliphatic rings. The lowest BCUT2D eigenvalue weighted by atomic mass is 10.1. The van der Waals surface area contributed by atoms with Crippen LogP contribution in [0.5, 0.6) is 0 Å². The monoisotopic (exact) mass is 315 g/mol. The molecule has 106 valence electrons. The highest BCUT2D eigenvalue weighted by atomic mass is 32.1. The standard InChI is InChI=1S/C15H13N3OS2/c16-12-10-6-8-2-1-3-11(8)18-15(10)21-13(12)14(19)17-9-4-5-20-7-9/h4-7H,1-3,16H2,(H,17,19). The zero-order valence-electron chi connectivity index (χ0n) is 11.2. The van der Waals surface area contributed by atoms with Gasteiger partial charge in [0.15, 0.2) is 0 Å². The van der Waals surface area contributed by atoms with Crippen molar-refractivity contribution in [3.05, 3.63) is 39.0 Å². The Bertz CT molecular complexity index is 836. The molecule has 0 bridgehead atoms. The highest BCUT2D eigenvalue weighted by molar-refractivity contribution is 7.21. The number of nitrogens with one attached hydrogen (secondary N) is 1. The Labute approximate surface area is 129 Å². The summed E-state index contributed by atoms with van der Waals surface area (Å²) < 4.78 is 0. The molecule has 4 nitrogen and oxygen atoms in total. The number of hydrogen-bond donors (Lipinski definition) is 2. The number of pyridine rings is 1. The molecular formula is C15H13N3OS2. The van der Waals surface area contributed by atoms with Crippen LogP contribution in [-0.4, -0.2) is 10.9 Å². The summed E-state index contributed by atoms with van der Waals surface area (Å²) in [4.78, 5) is 18.4. The second-order valence-electron chi connectivity index (χ2n) is 5.11. The summed E-state index contributed by atoms with van der Waals surface area (Å²) in [5, 5.41) is 7.61. The van der Waals surface area contributed by atoms with Crippen LogP contribution in [0.15, 0.2) is 22.9 Å². The Morgan fingerprint density at radius 2 is 2.29 bits per heavy atom. The van der Waals surface area contributed by atoms with Gasteiger partial charge < -0.3 is 11.1 Å². The average molecular weight is 315 g/mol. The molecule has 6 heteroatoms. The maximum absolute atomic E-state index is 12.4. The second kappa shape index (κ2) is 4.82. The molecule has 0 atom stereocenters. The molecule has 0 aromatic carbocycles. The Morgan fingerprint density at radius 3 is 3.10 bits per heavy atom. The van der Waals surface area contributed by atoms with Crippen LogP contribution in [0.1, 0.15) is 27.3 Å². The van der Waals surface area contributed by atoms with E-state index < -0.39 is 0 Å². The van der Waals surface area contributed by atoms with E-state index in [9.17, 15) is 4.79 Å². The Hall–Kier alpha value is -1.92. The number of carbonyl (C=O) groups is 1. The molecular weight excluding hydrogens is 302 g/mol. The maximum atomic E-state index is 12.4. The molecule has 4 rings (SSSR count). The lowest BCUT2D eigenvalue weighted by Crippen LogP contribution is -2.11. The third kappa shape index (κ3) is 2.11. The van der Waals surface area contributed by atoms with Gasteiger partial charge in [-0.3, -0.25) is 4.79 Å². The summed E-state index contributed by atoms with van der Waals surface area (Å²) >= 11 is 2.92. The number of nitrogens with two attached hydrogens (primary N) is 1. The summed E-state index contributed by atoms with van der Waals surface area (Å²) in [6.45, 7) is 0. The smallest absolute Gasteiger partial charge is 0.267 e.